The Morgan fingerprint density at radius 2 is 1.59 bits per heavy atom. The third-order valence-corrected chi connectivity index (χ3v) is 6.30. The van der Waals surface area contributed by atoms with Crippen LogP contribution >= 0.6 is 0 Å². The van der Waals surface area contributed by atoms with Gasteiger partial charge < -0.3 is 15.0 Å². The largest absolute Gasteiger partial charge is 0.497 e. The van der Waals surface area contributed by atoms with E-state index in [1.165, 1.54) is 5.56 Å². The Kier molecular flexibility index (Phi) is 7.60. The van der Waals surface area contributed by atoms with Crippen molar-refractivity contribution in [1.29, 1.82) is 0 Å². The van der Waals surface area contributed by atoms with E-state index < -0.39 is 0 Å². The third-order valence-electron chi connectivity index (χ3n) is 6.30. The SMILES string of the molecule is COc1ccc(CCN2CCN(C(=O)c3ccc(C)c(NC(=O)c4ccccc4)c3)CC2)cc1. The first kappa shape index (κ1) is 23.5. The van der Waals surface area contributed by atoms with Crippen molar-refractivity contribution in [2.75, 3.05) is 45.2 Å². The number of aryl methyl sites for hydroxylation is 1. The Balaban J connectivity index is 1.32. The Morgan fingerprint density at radius 3 is 2.26 bits per heavy atom. The highest BCUT2D eigenvalue weighted by atomic mass is 16.5. The number of ether oxygens (including phenoxy) is 1. The molecule has 6 nitrogen and oxygen atoms in total. The van der Waals surface area contributed by atoms with Crippen molar-refractivity contribution in [2.45, 2.75) is 13.3 Å². The molecule has 4 rings (SSSR count). The zero-order valence-electron chi connectivity index (χ0n) is 19.8. The lowest BCUT2D eigenvalue weighted by molar-refractivity contribution is 0.0638. The van der Waals surface area contributed by atoms with E-state index in [0.29, 0.717) is 29.9 Å². The average Bonchev–Trinajstić information content (AvgIpc) is 2.89. The number of amides is 2. The second-order valence-corrected chi connectivity index (χ2v) is 8.58. The van der Waals surface area contributed by atoms with E-state index >= 15 is 0 Å². The third kappa shape index (κ3) is 5.83. The lowest BCUT2D eigenvalue weighted by atomic mass is 10.1. The molecule has 0 atom stereocenters. The second-order valence-electron chi connectivity index (χ2n) is 8.58. The van der Waals surface area contributed by atoms with Gasteiger partial charge >= 0.3 is 0 Å². The molecule has 1 heterocycles. The number of nitrogens with zero attached hydrogens (tertiary/aromatic N) is 2. The summed E-state index contributed by atoms with van der Waals surface area (Å²) in [6.07, 6.45) is 0.973. The van der Waals surface area contributed by atoms with Gasteiger partial charge in [-0.1, -0.05) is 36.4 Å². The zero-order chi connectivity index (χ0) is 23.9. The average molecular weight is 458 g/mol. The minimum atomic E-state index is -0.182. The molecule has 6 heteroatoms. The van der Waals surface area contributed by atoms with Crippen LogP contribution in [0.1, 0.15) is 31.8 Å². The van der Waals surface area contributed by atoms with E-state index in [-0.39, 0.29) is 11.8 Å². The van der Waals surface area contributed by atoms with Gasteiger partial charge in [-0.2, -0.15) is 0 Å². The highest BCUT2D eigenvalue weighted by Crippen LogP contribution is 2.20. The summed E-state index contributed by atoms with van der Waals surface area (Å²) in [4.78, 5) is 30.0. The van der Waals surface area contributed by atoms with Gasteiger partial charge in [-0.3, -0.25) is 14.5 Å². The van der Waals surface area contributed by atoms with Crippen LogP contribution in [-0.2, 0) is 6.42 Å². The van der Waals surface area contributed by atoms with E-state index in [2.05, 4.69) is 22.3 Å². The Labute approximate surface area is 201 Å². The predicted molar refractivity (Wildman–Crippen MR) is 135 cm³/mol. The van der Waals surface area contributed by atoms with Crippen LogP contribution in [0.15, 0.2) is 72.8 Å². The molecule has 0 aromatic heterocycles. The van der Waals surface area contributed by atoms with Crippen molar-refractivity contribution < 1.29 is 14.3 Å². The fourth-order valence-corrected chi connectivity index (χ4v) is 4.11. The molecule has 0 radical (unpaired) electrons. The molecule has 3 aromatic rings. The van der Waals surface area contributed by atoms with Gasteiger partial charge in [0.15, 0.2) is 0 Å². The summed E-state index contributed by atoms with van der Waals surface area (Å²) < 4.78 is 5.22. The number of anilines is 1. The highest BCUT2D eigenvalue weighted by Gasteiger charge is 2.22. The first-order valence-corrected chi connectivity index (χ1v) is 11.6. The Morgan fingerprint density at radius 1 is 0.882 bits per heavy atom. The Bertz CT molecular complexity index is 1120. The lowest BCUT2D eigenvalue weighted by Crippen LogP contribution is -2.49. The van der Waals surface area contributed by atoms with Gasteiger partial charge in [0.25, 0.3) is 11.8 Å². The monoisotopic (exact) mass is 457 g/mol. The van der Waals surface area contributed by atoms with Gasteiger partial charge in [0.05, 0.1) is 7.11 Å². The summed E-state index contributed by atoms with van der Waals surface area (Å²) in [6, 6.07) is 22.8. The molecule has 0 unspecified atom stereocenters. The van der Waals surface area contributed by atoms with Crippen LogP contribution in [-0.4, -0.2) is 61.4 Å². The topological polar surface area (TPSA) is 61.9 Å². The first-order chi connectivity index (χ1) is 16.5. The van der Waals surface area contributed by atoms with Crippen molar-refractivity contribution in [3.63, 3.8) is 0 Å². The number of hydrogen-bond acceptors (Lipinski definition) is 4. The molecule has 34 heavy (non-hydrogen) atoms. The fourth-order valence-electron chi connectivity index (χ4n) is 4.11. The van der Waals surface area contributed by atoms with Crippen LogP contribution < -0.4 is 10.1 Å². The minimum Gasteiger partial charge on any atom is -0.497 e. The molecule has 1 aliphatic rings. The molecule has 1 aliphatic heterocycles. The van der Waals surface area contributed by atoms with Gasteiger partial charge in [-0.25, -0.2) is 0 Å². The number of carbonyl (C=O) groups excluding carboxylic acids is 2. The van der Waals surface area contributed by atoms with Crippen LogP contribution in [0.4, 0.5) is 5.69 Å². The van der Waals surface area contributed by atoms with Crippen LogP contribution in [0, 0.1) is 6.92 Å². The fraction of sp³-hybridized carbons (Fsp3) is 0.286. The number of piperazine rings is 1. The van der Waals surface area contributed by atoms with Crippen molar-refractivity contribution in [1.82, 2.24) is 9.80 Å². The van der Waals surface area contributed by atoms with Gasteiger partial charge in [0, 0.05) is 49.5 Å². The number of methoxy groups -OCH3 is 1. The lowest BCUT2D eigenvalue weighted by Gasteiger charge is -2.35. The molecule has 0 aliphatic carbocycles. The molecule has 2 amide bonds. The van der Waals surface area contributed by atoms with Crippen LogP contribution in [0.25, 0.3) is 0 Å². The number of benzene rings is 3. The predicted octanol–water partition coefficient (Wildman–Crippen LogP) is 4.26. The summed E-state index contributed by atoms with van der Waals surface area (Å²) in [6.45, 7) is 5.99. The maximum atomic E-state index is 13.1. The molecule has 3 aromatic carbocycles. The zero-order valence-corrected chi connectivity index (χ0v) is 19.8. The molecule has 1 N–H and O–H groups in total. The minimum absolute atomic E-state index is 0.00464. The summed E-state index contributed by atoms with van der Waals surface area (Å²) >= 11 is 0. The van der Waals surface area contributed by atoms with Gasteiger partial charge in [0.1, 0.15) is 5.75 Å². The summed E-state index contributed by atoms with van der Waals surface area (Å²) in [5.74, 6) is 0.693. The van der Waals surface area contributed by atoms with E-state index in [1.54, 1.807) is 25.3 Å². The summed E-state index contributed by atoms with van der Waals surface area (Å²) in [5, 5.41) is 2.95. The normalized spacial score (nSPS) is 14.0. The number of rotatable bonds is 7. The maximum absolute atomic E-state index is 13.1. The second kappa shape index (κ2) is 11.0. The van der Waals surface area contributed by atoms with E-state index in [1.807, 2.05) is 54.3 Å². The van der Waals surface area contributed by atoms with Crippen molar-refractivity contribution in [2.24, 2.45) is 0 Å². The Hall–Kier alpha value is -3.64. The van der Waals surface area contributed by atoms with Crippen molar-refractivity contribution in [3.05, 3.63) is 95.1 Å². The molecule has 0 bridgehead atoms. The van der Waals surface area contributed by atoms with Crippen molar-refractivity contribution >= 4 is 17.5 Å². The summed E-state index contributed by atoms with van der Waals surface area (Å²) in [5.41, 5.74) is 4.05. The molecule has 0 saturated carbocycles. The standard InChI is InChI=1S/C28H31N3O3/c1-21-8-11-24(20-26(21)29-27(32)23-6-4-3-5-7-23)28(33)31-18-16-30(17-19-31)15-14-22-9-12-25(34-2)13-10-22/h3-13,20H,14-19H2,1-2H3,(H,29,32). The summed E-state index contributed by atoms with van der Waals surface area (Å²) in [7, 11) is 1.67. The number of nitrogens with one attached hydrogen (secondary N) is 1. The molecule has 0 spiro atoms. The van der Waals surface area contributed by atoms with Gasteiger partial charge in [-0.05, 0) is 60.9 Å². The molecule has 1 fully saturated rings. The quantitative estimate of drug-likeness (QED) is 0.576. The molecular weight excluding hydrogens is 426 g/mol. The van der Waals surface area contributed by atoms with Crippen LogP contribution in [0.3, 0.4) is 0 Å². The maximum Gasteiger partial charge on any atom is 0.255 e. The number of hydrogen-bond donors (Lipinski definition) is 1. The first-order valence-electron chi connectivity index (χ1n) is 11.6. The molecule has 1 saturated heterocycles. The highest BCUT2D eigenvalue weighted by molar-refractivity contribution is 6.05. The van der Waals surface area contributed by atoms with Gasteiger partial charge in [0.2, 0.25) is 0 Å². The van der Waals surface area contributed by atoms with Crippen LogP contribution in [0.2, 0.25) is 0 Å². The van der Waals surface area contributed by atoms with Gasteiger partial charge in [-0.15, -0.1) is 0 Å². The van der Waals surface area contributed by atoms with E-state index in [0.717, 1.165) is 37.4 Å². The van der Waals surface area contributed by atoms with E-state index in [9.17, 15) is 9.59 Å². The van der Waals surface area contributed by atoms with Crippen molar-refractivity contribution in [3.8, 4) is 5.75 Å². The molecule has 176 valence electrons. The molecular formula is C28H31N3O3. The van der Waals surface area contributed by atoms with E-state index in [4.69, 9.17) is 4.74 Å². The van der Waals surface area contributed by atoms with Crippen LogP contribution in [0.5, 0.6) is 5.75 Å². The smallest absolute Gasteiger partial charge is 0.255 e. The number of carbonyl (C=O) groups is 2.